The van der Waals surface area contributed by atoms with Crippen molar-refractivity contribution in [2.45, 2.75) is 68.0 Å². The van der Waals surface area contributed by atoms with E-state index in [0.717, 1.165) is 25.9 Å². The molecule has 2 aliphatic heterocycles. The molecular formula is C36H38Cl2N6O6S. The molecule has 0 spiro atoms. The fourth-order valence-electron chi connectivity index (χ4n) is 7.62. The van der Waals surface area contributed by atoms with E-state index < -0.39 is 39.9 Å². The number of hydrogen-bond donors (Lipinski definition) is 3. The van der Waals surface area contributed by atoms with Gasteiger partial charge in [0, 0.05) is 43.6 Å². The second-order valence-electron chi connectivity index (χ2n) is 13.4. The van der Waals surface area contributed by atoms with Crippen LogP contribution >= 0.6 is 23.2 Å². The Labute approximate surface area is 306 Å². The molecule has 2 saturated heterocycles. The van der Waals surface area contributed by atoms with Gasteiger partial charge in [-0.3, -0.25) is 19.5 Å². The molecule has 6 rings (SSSR count). The lowest BCUT2D eigenvalue weighted by atomic mass is 9.75. The van der Waals surface area contributed by atoms with Crippen LogP contribution in [0.5, 0.6) is 0 Å². The number of fused-ring (bicyclic) bond motifs is 1. The van der Waals surface area contributed by atoms with Gasteiger partial charge in [0.25, 0.3) is 5.91 Å². The van der Waals surface area contributed by atoms with E-state index in [4.69, 9.17) is 23.2 Å². The first-order valence-electron chi connectivity index (χ1n) is 16.9. The molecule has 1 saturated carbocycles. The van der Waals surface area contributed by atoms with Crippen molar-refractivity contribution in [1.82, 2.24) is 19.5 Å². The zero-order valence-corrected chi connectivity index (χ0v) is 30.0. The Balaban J connectivity index is 1.18. The molecule has 3 N–H and O–H groups in total. The van der Waals surface area contributed by atoms with E-state index in [1.165, 1.54) is 60.2 Å². The third-order valence-electron chi connectivity index (χ3n) is 10.3. The van der Waals surface area contributed by atoms with Gasteiger partial charge in [0.05, 0.1) is 32.1 Å². The van der Waals surface area contributed by atoms with E-state index in [9.17, 15) is 33.2 Å². The number of nitrogens with one attached hydrogen (secondary N) is 2. The van der Waals surface area contributed by atoms with Gasteiger partial charge in [-0.15, -0.1) is 0 Å². The number of halogens is 2. The van der Waals surface area contributed by atoms with Crippen LogP contribution in [0.15, 0.2) is 65.8 Å². The molecule has 1 aliphatic carbocycles. The van der Waals surface area contributed by atoms with Crippen molar-refractivity contribution in [3.63, 3.8) is 0 Å². The average molecular weight is 754 g/mol. The summed E-state index contributed by atoms with van der Waals surface area (Å²) >= 11 is 12.2. The Morgan fingerprint density at radius 1 is 1.00 bits per heavy atom. The summed E-state index contributed by atoms with van der Waals surface area (Å²) in [7, 11) is -4.22. The van der Waals surface area contributed by atoms with E-state index in [0.29, 0.717) is 23.1 Å². The highest BCUT2D eigenvalue weighted by Gasteiger charge is 2.47. The molecule has 0 bridgehead atoms. The summed E-state index contributed by atoms with van der Waals surface area (Å²) in [5.74, 6) is -1.32. The van der Waals surface area contributed by atoms with Crippen molar-refractivity contribution in [3.05, 3.63) is 87.7 Å². The number of carbonyl (C=O) groups is 3. The van der Waals surface area contributed by atoms with Gasteiger partial charge in [-0.1, -0.05) is 60.7 Å². The van der Waals surface area contributed by atoms with Crippen LogP contribution in [0.25, 0.3) is 0 Å². The van der Waals surface area contributed by atoms with Gasteiger partial charge < -0.3 is 15.7 Å². The minimum absolute atomic E-state index is 0.0625. The molecule has 3 aromatic rings. The number of carboxylic acid groups (broad SMARTS) is 1. The Morgan fingerprint density at radius 3 is 2.39 bits per heavy atom. The van der Waals surface area contributed by atoms with Gasteiger partial charge in [0.15, 0.2) is 0 Å². The first kappa shape index (κ1) is 36.7. The molecule has 268 valence electrons. The van der Waals surface area contributed by atoms with Gasteiger partial charge in [0.1, 0.15) is 12.1 Å². The van der Waals surface area contributed by atoms with E-state index >= 15 is 0 Å². The molecule has 2 aromatic carbocycles. The van der Waals surface area contributed by atoms with Gasteiger partial charge >= 0.3 is 5.97 Å². The highest BCUT2D eigenvalue weighted by atomic mass is 35.5. The lowest BCUT2D eigenvalue weighted by Gasteiger charge is -2.43. The summed E-state index contributed by atoms with van der Waals surface area (Å²) in [5.41, 5.74) is 1.19. The molecule has 12 nitrogen and oxygen atoms in total. The molecule has 5 atom stereocenters. The number of rotatable bonds is 10. The molecule has 0 radical (unpaired) electrons. The first-order valence-corrected chi connectivity index (χ1v) is 19.1. The van der Waals surface area contributed by atoms with Crippen molar-refractivity contribution in [3.8, 4) is 6.07 Å². The summed E-state index contributed by atoms with van der Waals surface area (Å²) < 4.78 is 29.3. The number of anilines is 1. The molecule has 3 aliphatic rings. The number of nitriles is 1. The number of aromatic nitrogens is 1. The molecular weight excluding hydrogens is 715 g/mol. The Kier molecular flexibility index (Phi) is 11.3. The molecule has 15 heteroatoms. The van der Waals surface area contributed by atoms with Crippen LogP contribution < -0.4 is 10.6 Å². The Hall–Kier alpha value is -4.06. The van der Waals surface area contributed by atoms with Gasteiger partial charge in [-0.2, -0.15) is 9.57 Å². The van der Waals surface area contributed by atoms with Crippen LogP contribution in [-0.4, -0.2) is 83.3 Å². The van der Waals surface area contributed by atoms with Crippen molar-refractivity contribution < 1.29 is 27.9 Å². The van der Waals surface area contributed by atoms with Crippen LogP contribution in [0.1, 0.15) is 60.0 Å². The summed E-state index contributed by atoms with van der Waals surface area (Å²) in [6.07, 6.45) is 8.53. The summed E-state index contributed by atoms with van der Waals surface area (Å²) in [6.45, 7) is 1.74. The number of likely N-dealkylation sites (tertiary alicyclic amines) is 1. The fourth-order valence-corrected chi connectivity index (χ4v) is 9.84. The maximum Gasteiger partial charge on any atom is 0.326 e. The minimum Gasteiger partial charge on any atom is -0.480 e. The smallest absolute Gasteiger partial charge is 0.326 e. The average Bonchev–Trinajstić information content (AvgIpc) is 3.59. The van der Waals surface area contributed by atoms with Crippen LogP contribution in [0.3, 0.4) is 0 Å². The SMILES string of the molecule is N#Cc1cccc(S(=O)(=O)N2CC(N3CCC4CCCCC4C3)C[C@H]2C(=O)N[C@@H](Cc2ccc(NC(=O)c3c(Cl)cncc3Cl)cc2)C(=O)O)c1. The molecule has 3 unspecified atom stereocenters. The standard InChI is InChI=1S/C36H38Cl2N6O6S/c37-29-18-40-19-30(38)33(29)35(46)41-26-10-8-22(9-11-26)15-31(36(47)48)42-34(45)32-16-27(43-13-12-24-5-1-2-6-25(24)20-43)21-44(32)51(49,50)28-7-3-4-23(14-28)17-39/h3-4,7-11,14,18-19,24-25,27,31-32H,1-2,5-6,12-13,15-16,20-21H2,(H,41,46)(H,42,45)(H,47,48)/t24?,25?,27?,31-,32-/m0/s1. The minimum atomic E-state index is -4.22. The number of sulfonamides is 1. The van der Waals surface area contributed by atoms with E-state index in [-0.39, 0.29) is 51.5 Å². The monoisotopic (exact) mass is 752 g/mol. The number of benzene rings is 2. The van der Waals surface area contributed by atoms with Crippen LogP contribution in [0.4, 0.5) is 5.69 Å². The summed E-state index contributed by atoms with van der Waals surface area (Å²) in [6, 6.07) is 11.3. The number of piperidine rings is 1. The topological polar surface area (TPSA) is 173 Å². The Morgan fingerprint density at radius 2 is 1.71 bits per heavy atom. The quantitative estimate of drug-likeness (QED) is 0.259. The Bertz CT molecular complexity index is 1940. The second kappa shape index (κ2) is 15.7. The van der Waals surface area contributed by atoms with Crippen molar-refractivity contribution >= 4 is 56.7 Å². The predicted molar refractivity (Wildman–Crippen MR) is 191 cm³/mol. The highest BCUT2D eigenvalue weighted by molar-refractivity contribution is 7.89. The molecule has 51 heavy (non-hydrogen) atoms. The third-order valence-corrected chi connectivity index (χ3v) is 12.7. The van der Waals surface area contributed by atoms with Gasteiger partial charge in [-0.05, 0) is 73.5 Å². The normalized spacial score (nSPS) is 23.1. The number of aliphatic carboxylic acids is 1. The van der Waals surface area contributed by atoms with Crippen LogP contribution in [0.2, 0.25) is 10.0 Å². The number of pyridine rings is 1. The van der Waals surface area contributed by atoms with Crippen LogP contribution in [0, 0.1) is 23.2 Å². The number of nitrogens with zero attached hydrogens (tertiary/aromatic N) is 4. The van der Waals surface area contributed by atoms with Gasteiger partial charge in [-0.25, -0.2) is 13.2 Å². The van der Waals surface area contributed by atoms with E-state index in [1.807, 2.05) is 6.07 Å². The van der Waals surface area contributed by atoms with Crippen molar-refractivity contribution in [2.24, 2.45) is 11.8 Å². The maximum absolute atomic E-state index is 14.1. The number of amides is 2. The number of carboxylic acids is 1. The summed E-state index contributed by atoms with van der Waals surface area (Å²) in [4.78, 5) is 45.2. The number of hydrogen-bond acceptors (Lipinski definition) is 8. The molecule has 3 fully saturated rings. The van der Waals surface area contributed by atoms with E-state index in [1.54, 1.807) is 24.3 Å². The third kappa shape index (κ3) is 8.21. The zero-order chi connectivity index (χ0) is 36.3. The lowest BCUT2D eigenvalue weighted by molar-refractivity contribution is -0.142. The van der Waals surface area contributed by atoms with Crippen molar-refractivity contribution in [2.75, 3.05) is 25.0 Å². The van der Waals surface area contributed by atoms with Crippen LogP contribution in [-0.2, 0) is 26.0 Å². The van der Waals surface area contributed by atoms with E-state index in [2.05, 4.69) is 20.5 Å². The highest BCUT2D eigenvalue weighted by Crippen LogP contribution is 2.39. The summed E-state index contributed by atoms with van der Waals surface area (Å²) in [5, 5.41) is 25.0. The molecule has 3 heterocycles. The maximum atomic E-state index is 14.1. The van der Waals surface area contributed by atoms with Gasteiger partial charge in [0.2, 0.25) is 15.9 Å². The first-order chi connectivity index (χ1) is 24.4. The predicted octanol–water partition coefficient (Wildman–Crippen LogP) is 4.97. The zero-order valence-electron chi connectivity index (χ0n) is 27.7. The second-order valence-corrected chi connectivity index (χ2v) is 16.1. The molecule has 1 aromatic heterocycles. The largest absolute Gasteiger partial charge is 0.480 e. The van der Waals surface area contributed by atoms with Crippen molar-refractivity contribution in [1.29, 1.82) is 5.26 Å². The molecule has 2 amide bonds. The fraction of sp³-hybridized carbons (Fsp3) is 0.417. The number of carbonyl (C=O) groups excluding carboxylic acids is 2. The lowest BCUT2D eigenvalue weighted by Crippen LogP contribution is -2.51.